The van der Waals surface area contributed by atoms with Crippen LogP contribution in [0.15, 0.2) is 18.3 Å². The summed E-state index contributed by atoms with van der Waals surface area (Å²) in [6.45, 7) is 2.38. The Bertz CT molecular complexity index is 640. The van der Waals surface area contributed by atoms with Crippen LogP contribution < -0.4 is 10.1 Å². The van der Waals surface area contributed by atoms with Crippen molar-refractivity contribution < 1.29 is 27.5 Å². The molecule has 0 saturated carbocycles. The van der Waals surface area contributed by atoms with E-state index in [0.717, 1.165) is 12.6 Å². The average molecular weight is 391 g/mol. The Hall–Kier alpha value is -1.97. The number of carbonyl (C=O) groups is 2. The quantitative estimate of drug-likeness (QED) is 0.807. The molecule has 1 aromatic rings. The molecule has 0 spiro atoms. The van der Waals surface area contributed by atoms with Gasteiger partial charge in [0.15, 0.2) is 6.61 Å². The molecule has 1 saturated heterocycles. The lowest BCUT2D eigenvalue weighted by Gasteiger charge is -2.24. The van der Waals surface area contributed by atoms with E-state index in [1.807, 2.05) is 13.8 Å². The highest BCUT2D eigenvalue weighted by Crippen LogP contribution is 2.24. The van der Waals surface area contributed by atoms with E-state index >= 15 is 0 Å². The molecular weight excluding hydrogens is 371 g/mol. The van der Waals surface area contributed by atoms with Gasteiger partial charge in [-0.3, -0.25) is 9.59 Å². The summed E-state index contributed by atoms with van der Waals surface area (Å²) in [5, 5.41) is 2.86. The number of alkyl halides is 3. The van der Waals surface area contributed by atoms with Crippen molar-refractivity contribution in [3.63, 3.8) is 0 Å². The lowest BCUT2D eigenvalue weighted by atomic mass is 10.2. The summed E-state index contributed by atoms with van der Waals surface area (Å²) < 4.78 is 40.9. The fraction of sp³-hybridized carbons (Fsp3) is 0.562. The zero-order valence-corrected chi connectivity index (χ0v) is 15.2. The van der Waals surface area contributed by atoms with E-state index in [9.17, 15) is 22.8 Å². The molecule has 0 radical (unpaired) electrons. The van der Waals surface area contributed by atoms with E-state index in [-0.39, 0.29) is 23.4 Å². The van der Waals surface area contributed by atoms with E-state index in [1.54, 1.807) is 0 Å². The molecule has 1 N–H and O–H groups in total. The third-order valence-corrected chi connectivity index (χ3v) is 4.83. The van der Waals surface area contributed by atoms with Crippen molar-refractivity contribution in [1.82, 2.24) is 15.2 Å². The summed E-state index contributed by atoms with van der Waals surface area (Å²) in [5.74, 6) is 0.0310. The molecule has 26 heavy (non-hydrogen) atoms. The topological polar surface area (TPSA) is 71.5 Å². The molecular formula is C16H20F3N3O3S. The number of hydrogen-bond donors (Lipinski definition) is 1. The van der Waals surface area contributed by atoms with Crippen LogP contribution in [0.5, 0.6) is 5.88 Å². The van der Waals surface area contributed by atoms with Crippen LogP contribution in [0.3, 0.4) is 0 Å². The van der Waals surface area contributed by atoms with Crippen molar-refractivity contribution in [3.8, 4) is 5.88 Å². The Balaban J connectivity index is 2.02. The van der Waals surface area contributed by atoms with E-state index in [2.05, 4.69) is 15.0 Å². The summed E-state index contributed by atoms with van der Waals surface area (Å²) in [4.78, 5) is 30.1. The Labute approximate surface area is 153 Å². The number of pyridine rings is 1. The number of carbonyl (C=O) groups excluding carboxylic acids is 2. The fourth-order valence-electron chi connectivity index (χ4n) is 2.21. The van der Waals surface area contributed by atoms with Crippen LogP contribution in [0.25, 0.3) is 0 Å². The first-order chi connectivity index (χ1) is 12.2. The maximum absolute atomic E-state index is 12.6. The highest BCUT2D eigenvalue weighted by atomic mass is 32.2. The molecule has 2 heterocycles. The molecule has 0 aliphatic carbocycles. The van der Waals surface area contributed by atoms with Crippen LogP contribution in [-0.4, -0.2) is 58.2 Å². The van der Waals surface area contributed by atoms with Gasteiger partial charge in [-0.1, -0.05) is 6.92 Å². The smallest absolute Gasteiger partial charge is 0.422 e. The van der Waals surface area contributed by atoms with Crippen molar-refractivity contribution in [2.24, 2.45) is 0 Å². The van der Waals surface area contributed by atoms with Crippen LogP contribution >= 0.6 is 11.8 Å². The zero-order chi connectivity index (χ0) is 19.3. The van der Waals surface area contributed by atoms with Gasteiger partial charge in [-0.15, -0.1) is 11.8 Å². The molecule has 1 aliphatic heterocycles. The van der Waals surface area contributed by atoms with Crippen molar-refractivity contribution in [1.29, 1.82) is 0 Å². The molecule has 1 fully saturated rings. The van der Waals surface area contributed by atoms with Gasteiger partial charge < -0.3 is 15.0 Å². The zero-order valence-electron chi connectivity index (χ0n) is 14.4. The van der Waals surface area contributed by atoms with Crippen LogP contribution in [0, 0.1) is 0 Å². The van der Waals surface area contributed by atoms with Gasteiger partial charge in [-0.2, -0.15) is 13.2 Å². The standard InChI is InChI=1S/C16H20F3N3O3S/c1-3-10(2)21-14(23)12-7-26-9-22(12)15(24)11-4-5-13(20-6-11)25-8-16(17,18)19/h4-6,10,12H,3,7-9H2,1-2H3,(H,21,23)/t10-,12-/m0/s1. The van der Waals surface area contributed by atoms with Crippen LogP contribution in [0.2, 0.25) is 0 Å². The van der Waals surface area contributed by atoms with Gasteiger partial charge in [0.05, 0.1) is 11.4 Å². The predicted octanol–water partition coefficient (Wildman–Crippen LogP) is 2.45. The molecule has 2 amide bonds. The van der Waals surface area contributed by atoms with Gasteiger partial charge in [0.1, 0.15) is 6.04 Å². The second-order valence-electron chi connectivity index (χ2n) is 5.90. The van der Waals surface area contributed by atoms with Gasteiger partial charge in [-0.05, 0) is 19.4 Å². The van der Waals surface area contributed by atoms with Crippen LogP contribution in [-0.2, 0) is 4.79 Å². The maximum atomic E-state index is 12.6. The van der Waals surface area contributed by atoms with Gasteiger partial charge in [0.25, 0.3) is 5.91 Å². The summed E-state index contributed by atoms with van der Waals surface area (Å²) in [7, 11) is 0. The largest absolute Gasteiger partial charge is 0.468 e. The number of nitrogens with one attached hydrogen (secondary N) is 1. The minimum atomic E-state index is -4.46. The molecule has 144 valence electrons. The van der Waals surface area contributed by atoms with E-state index < -0.39 is 24.7 Å². The number of amides is 2. The van der Waals surface area contributed by atoms with E-state index in [4.69, 9.17) is 0 Å². The number of rotatable bonds is 6. The molecule has 1 aromatic heterocycles. The monoisotopic (exact) mass is 391 g/mol. The first-order valence-corrected chi connectivity index (χ1v) is 9.21. The molecule has 0 unspecified atom stereocenters. The number of ether oxygens (including phenoxy) is 1. The number of thioether (sulfide) groups is 1. The molecule has 0 aromatic carbocycles. The Kier molecular flexibility index (Phi) is 6.74. The lowest BCUT2D eigenvalue weighted by molar-refractivity contribution is -0.154. The molecule has 6 nitrogen and oxygen atoms in total. The van der Waals surface area contributed by atoms with E-state index in [0.29, 0.717) is 11.6 Å². The second kappa shape index (κ2) is 8.61. The molecule has 1 aliphatic rings. The highest BCUT2D eigenvalue weighted by Gasteiger charge is 2.35. The number of halogens is 3. The average Bonchev–Trinajstić information content (AvgIpc) is 3.08. The van der Waals surface area contributed by atoms with Gasteiger partial charge in [0.2, 0.25) is 11.8 Å². The predicted molar refractivity (Wildman–Crippen MR) is 91.0 cm³/mol. The van der Waals surface area contributed by atoms with Crippen molar-refractivity contribution >= 4 is 23.6 Å². The fourth-order valence-corrected chi connectivity index (χ4v) is 3.37. The van der Waals surface area contributed by atoms with Gasteiger partial charge in [0, 0.05) is 24.1 Å². The molecule has 2 rings (SSSR count). The van der Waals surface area contributed by atoms with Crippen molar-refractivity contribution in [2.45, 2.75) is 38.5 Å². The summed E-state index contributed by atoms with van der Waals surface area (Å²) in [6.07, 6.45) is -2.53. The lowest BCUT2D eigenvalue weighted by Crippen LogP contribution is -2.49. The molecule has 2 atom stereocenters. The molecule has 10 heteroatoms. The summed E-state index contributed by atoms with van der Waals surface area (Å²) in [6, 6.07) is 1.98. The minimum Gasteiger partial charge on any atom is -0.468 e. The number of aromatic nitrogens is 1. The summed E-state index contributed by atoms with van der Waals surface area (Å²) >= 11 is 1.46. The summed E-state index contributed by atoms with van der Waals surface area (Å²) in [5.41, 5.74) is 0.188. The minimum absolute atomic E-state index is 0.0109. The van der Waals surface area contributed by atoms with E-state index in [1.165, 1.54) is 28.8 Å². The van der Waals surface area contributed by atoms with Gasteiger partial charge >= 0.3 is 6.18 Å². The van der Waals surface area contributed by atoms with Crippen LogP contribution in [0.4, 0.5) is 13.2 Å². The maximum Gasteiger partial charge on any atom is 0.422 e. The number of nitrogens with zero attached hydrogens (tertiary/aromatic N) is 2. The first-order valence-electron chi connectivity index (χ1n) is 8.06. The van der Waals surface area contributed by atoms with Crippen molar-refractivity contribution in [2.75, 3.05) is 18.2 Å². The van der Waals surface area contributed by atoms with Crippen molar-refractivity contribution in [3.05, 3.63) is 23.9 Å². The third-order valence-electron chi connectivity index (χ3n) is 3.81. The normalized spacial score (nSPS) is 18.5. The Morgan fingerprint density at radius 2 is 2.19 bits per heavy atom. The SMILES string of the molecule is CC[C@H](C)NC(=O)[C@@H]1CSCN1C(=O)c1ccc(OCC(F)(F)F)nc1. The molecule has 0 bridgehead atoms. The number of hydrogen-bond acceptors (Lipinski definition) is 5. The highest BCUT2D eigenvalue weighted by molar-refractivity contribution is 7.99. The first kappa shape index (κ1) is 20.3. The van der Waals surface area contributed by atoms with Crippen LogP contribution in [0.1, 0.15) is 30.6 Å². The second-order valence-corrected chi connectivity index (χ2v) is 6.90. The van der Waals surface area contributed by atoms with Gasteiger partial charge in [-0.25, -0.2) is 4.98 Å². The Morgan fingerprint density at radius 3 is 2.77 bits per heavy atom. The Morgan fingerprint density at radius 1 is 1.46 bits per heavy atom. The third kappa shape index (κ3) is 5.52.